The third-order valence-corrected chi connectivity index (χ3v) is 13.9. The van der Waals surface area contributed by atoms with E-state index in [0.717, 1.165) is 17.8 Å². The van der Waals surface area contributed by atoms with Gasteiger partial charge in [0.2, 0.25) is 0 Å². The van der Waals surface area contributed by atoms with Crippen LogP contribution in [0, 0.1) is 0 Å². The van der Waals surface area contributed by atoms with Gasteiger partial charge in [0.1, 0.15) is 19.0 Å². The summed E-state index contributed by atoms with van der Waals surface area (Å²) in [6.07, 6.45) is 18.3. The van der Waals surface area contributed by atoms with Gasteiger partial charge in [-0.2, -0.15) is 0 Å². The van der Waals surface area contributed by atoms with Gasteiger partial charge in [-0.05, 0) is 57.8 Å². The van der Waals surface area contributed by atoms with Crippen molar-refractivity contribution in [1.29, 1.82) is 0 Å². The molecule has 0 radical (unpaired) electrons. The molecule has 7 saturated heterocycles. The maximum absolute atomic E-state index is 5.13. The van der Waals surface area contributed by atoms with Crippen LogP contribution in [-0.2, 0) is 4.74 Å². The Balaban J connectivity index is 0.000000316. The van der Waals surface area contributed by atoms with E-state index in [1.165, 1.54) is 206 Å². The predicted octanol–water partition coefficient (Wildman–Crippen LogP) is 6.83. The number of hydrogen-bond donors (Lipinski definition) is 0. The molecule has 322 valence electrons. The molecular weight excluding hydrogens is 687 g/mol. The third-order valence-electron chi connectivity index (χ3n) is 12.6. The van der Waals surface area contributed by atoms with Crippen LogP contribution in [0.3, 0.4) is 0 Å². The fourth-order valence-corrected chi connectivity index (χ4v) is 9.21. The molecule has 0 aromatic carbocycles. The highest BCUT2D eigenvalue weighted by Crippen LogP contribution is 2.18. The number of hydrogen-bond acceptors (Lipinski definition) is 2. The van der Waals surface area contributed by atoms with Crippen molar-refractivity contribution in [2.24, 2.45) is 0 Å². The first-order valence-electron chi connectivity index (χ1n) is 22.4. The molecule has 7 heterocycles. The van der Waals surface area contributed by atoms with E-state index in [-0.39, 0.29) is 0 Å². The number of likely N-dealkylation sites (tertiary alicyclic amines) is 5. The normalized spacial score (nSPS) is 27.7. The molecule has 0 N–H and O–H groups in total. The molecule has 7 fully saturated rings. The van der Waals surface area contributed by atoms with E-state index < -0.39 is 0 Å². The van der Waals surface area contributed by atoms with Crippen LogP contribution in [0.25, 0.3) is 0 Å². The maximum Gasteiger partial charge on any atom is 0.183 e. The number of quaternary nitrogens is 7. The Morgan fingerprint density at radius 3 is 0.833 bits per heavy atom. The first kappa shape index (κ1) is 51.8. The fraction of sp³-hybridized carbons (Fsp3) is 0.956. The van der Waals surface area contributed by atoms with Crippen LogP contribution in [0.2, 0.25) is 0 Å². The lowest BCUT2D eigenvalue weighted by atomic mass is 10.1. The third kappa shape index (κ3) is 28.2. The second-order valence-corrected chi connectivity index (χ2v) is 23.5. The zero-order valence-electron chi connectivity index (χ0n) is 39.7. The second-order valence-electron chi connectivity index (χ2n) is 22.4. The molecule has 0 bridgehead atoms. The highest BCUT2D eigenvalue weighted by molar-refractivity contribution is 7.99. The lowest BCUT2D eigenvalue weighted by Gasteiger charge is -2.34. The van der Waals surface area contributed by atoms with Gasteiger partial charge < -0.3 is 36.1 Å². The minimum atomic E-state index is 0.889. The molecule has 7 aliphatic heterocycles. The smallest absolute Gasteiger partial charge is 0.183 e. The van der Waals surface area contributed by atoms with Crippen molar-refractivity contribution in [2.45, 2.75) is 83.5 Å². The number of rotatable bonds is 0. The average Bonchev–Trinajstić information content (AvgIpc) is 3.80. The van der Waals surface area contributed by atoms with Crippen LogP contribution in [0.15, 0.2) is 12.2 Å². The van der Waals surface area contributed by atoms with E-state index in [0.29, 0.717) is 0 Å². The largest absolute Gasteiger partial charge is 0.328 e. The van der Waals surface area contributed by atoms with Crippen molar-refractivity contribution < 1.29 is 36.1 Å². The summed E-state index contributed by atoms with van der Waals surface area (Å²) in [5, 5.41) is 0. The van der Waals surface area contributed by atoms with Crippen LogP contribution in [0.4, 0.5) is 0 Å². The van der Waals surface area contributed by atoms with Gasteiger partial charge in [-0.1, -0.05) is 23.9 Å². The van der Waals surface area contributed by atoms with Crippen molar-refractivity contribution in [3.8, 4) is 0 Å². The van der Waals surface area contributed by atoms with E-state index in [9.17, 15) is 0 Å². The van der Waals surface area contributed by atoms with Crippen molar-refractivity contribution in [1.82, 2.24) is 0 Å². The Kier molecular flexibility index (Phi) is 23.6. The summed E-state index contributed by atoms with van der Waals surface area (Å²) in [5.41, 5.74) is 1.44. The van der Waals surface area contributed by atoms with E-state index in [1.807, 2.05) is 0 Å². The highest BCUT2D eigenvalue weighted by atomic mass is 32.2. The number of likely N-dealkylation sites (N-methyl/N-ethyl adjacent to an activating group) is 1. The molecule has 0 saturated carbocycles. The summed E-state index contributed by atoms with van der Waals surface area (Å²) in [6, 6.07) is 0. The number of nitrogens with zero attached hydrogens (tertiary/aromatic N) is 7. The SMILES string of the molecule is C=C1CC[N+](C)(C)CC1.C[N+]1(C)CCCC1.C[N+]1(C)CCCCC1.C[N+]1(C)CCCCC1.C[N+]1(C)CCCCC1.C[N+]1(C)CCOC1.C[N+]1(C)CCSC1. The van der Waals surface area contributed by atoms with Gasteiger partial charge in [0.25, 0.3) is 0 Å². The summed E-state index contributed by atoms with van der Waals surface area (Å²) in [4.78, 5) is 0. The van der Waals surface area contributed by atoms with Crippen molar-refractivity contribution in [2.75, 3.05) is 202 Å². The molecule has 0 aliphatic carbocycles. The second kappa shape index (κ2) is 24.6. The zero-order valence-corrected chi connectivity index (χ0v) is 40.5. The van der Waals surface area contributed by atoms with Crippen molar-refractivity contribution in [3.05, 3.63) is 12.2 Å². The van der Waals surface area contributed by atoms with Gasteiger partial charge in [0.05, 0.1) is 171 Å². The average molecular weight is 789 g/mol. The Hall–Kier alpha value is -0.230. The topological polar surface area (TPSA) is 9.23 Å². The Morgan fingerprint density at radius 2 is 0.685 bits per heavy atom. The molecule has 0 atom stereocenters. The number of piperidine rings is 4. The quantitative estimate of drug-likeness (QED) is 0.197. The number of thioether (sulfide) groups is 1. The van der Waals surface area contributed by atoms with Crippen LogP contribution < -0.4 is 0 Å². The molecule has 9 heteroatoms. The van der Waals surface area contributed by atoms with Gasteiger partial charge in [-0.3, -0.25) is 0 Å². The van der Waals surface area contributed by atoms with Gasteiger partial charge in [0, 0.05) is 31.4 Å². The fourth-order valence-electron chi connectivity index (χ4n) is 7.83. The minimum absolute atomic E-state index is 0.889. The zero-order chi connectivity index (χ0) is 41.0. The van der Waals surface area contributed by atoms with Gasteiger partial charge >= 0.3 is 0 Å². The molecular formula is C45H102N7OS+7. The number of ether oxygens (including phenoxy) is 1. The van der Waals surface area contributed by atoms with Crippen LogP contribution >= 0.6 is 11.8 Å². The van der Waals surface area contributed by atoms with Gasteiger partial charge in [0.15, 0.2) is 6.73 Å². The molecule has 0 amide bonds. The van der Waals surface area contributed by atoms with E-state index >= 15 is 0 Å². The van der Waals surface area contributed by atoms with E-state index in [4.69, 9.17) is 4.74 Å². The molecule has 0 spiro atoms. The highest BCUT2D eigenvalue weighted by Gasteiger charge is 2.23. The molecule has 8 nitrogen and oxygen atoms in total. The Labute approximate surface area is 344 Å². The Morgan fingerprint density at radius 1 is 0.370 bits per heavy atom. The molecule has 7 rings (SSSR count). The summed E-state index contributed by atoms with van der Waals surface area (Å²) in [5.74, 6) is 2.66. The first-order chi connectivity index (χ1) is 24.8. The van der Waals surface area contributed by atoms with E-state index in [1.54, 1.807) is 0 Å². The lowest BCUT2D eigenvalue weighted by molar-refractivity contribution is -0.894. The standard InChI is InChI=1S/C8H16N.3C7H16N.C6H14N.C5H12NO.C5H12NS/c1-8-4-6-9(2,3)7-5-8;3*1-8(2)6-4-3-5-7-8;1-7(2)5-3-4-6-7;2*1-6(2)3-4-7-5-6/h1,4-7H2,2-3H3;3*3-7H2,1-2H3;3-6H2,1-2H3;2*3-5H2,1-2H3/q7*+1. The van der Waals surface area contributed by atoms with Crippen LogP contribution in [-0.4, -0.2) is 234 Å². The lowest BCUT2D eigenvalue weighted by Crippen LogP contribution is -2.44. The van der Waals surface area contributed by atoms with Crippen LogP contribution in [0.1, 0.15) is 83.5 Å². The molecule has 0 aromatic heterocycles. The minimum Gasteiger partial charge on any atom is -0.328 e. The van der Waals surface area contributed by atoms with Gasteiger partial charge in [-0.15, -0.1) is 0 Å². The van der Waals surface area contributed by atoms with Crippen LogP contribution in [0.5, 0.6) is 0 Å². The van der Waals surface area contributed by atoms with E-state index in [2.05, 4.69) is 117 Å². The monoisotopic (exact) mass is 789 g/mol. The predicted molar refractivity (Wildman–Crippen MR) is 240 cm³/mol. The maximum atomic E-state index is 5.13. The van der Waals surface area contributed by atoms with Crippen molar-refractivity contribution >= 4 is 11.8 Å². The molecule has 7 aliphatic rings. The Bertz CT molecular complexity index is 848. The van der Waals surface area contributed by atoms with Crippen molar-refractivity contribution in [3.63, 3.8) is 0 Å². The van der Waals surface area contributed by atoms with Gasteiger partial charge in [-0.25, -0.2) is 0 Å². The molecule has 0 unspecified atom stereocenters. The summed E-state index contributed by atoms with van der Waals surface area (Å²) >= 11 is 2.05. The molecule has 54 heavy (non-hydrogen) atoms. The molecule has 0 aromatic rings. The summed E-state index contributed by atoms with van der Waals surface area (Å²) < 4.78 is 13.6. The summed E-state index contributed by atoms with van der Waals surface area (Å²) in [6.45, 7) is 22.0. The summed E-state index contributed by atoms with van der Waals surface area (Å²) in [7, 11) is 32.0. The first-order valence-corrected chi connectivity index (χ1v) is 23.6.